The van der Waals surface area contributed by atoms with Crippen molar-refractivity contribution in [2.45, 2.75) is 20.8 Å². The molecule has 0 bridgehead atoms. The number of amides is 1. The summed E-state index contributed by atoms with van der Waals surface area (Å²) in [6.45, 7) is 11.6. The Hall–Kier alpha value is -2.86. The van der Waals surface area contributed by atoms with E-state index in [2.05, 4.69) is 39.3 Å². The fraction of sp³-hybridized carbons (Fsp3) is 0.364. The van der Waals surface area contributed by atoms with Crippen molar-refractivity contribution in [2.24, 2.45) is 0 Å². The third kappa shape index (κ3) is 3.47. The number of benzene rings is 1. The molecule has 3 aromatic rings. The molecule has 0 spiro atoms. The number of fused-ring (bicyclic) bond motifs is 1. The SMILES string of the molecule is CCN1CCN(c2ccc(NC(=O)c3nn4ccccc4c3C)c(C)c2)CC1. The number of hydrogen-bond acceptors (Lipinski definition) is 4. The van der Waals surface area contributed by atoms with Crippen molar-refractivity contribution in [3.8, 4) is 0 Å². The van der Waals surface area contributed by atoms with Gasteiger partial charge in [0.1, 0.15) is 0 Å². The van der Waals surface area contributed by atoms with Crippen LogP contribution in [0.5, 0.6) is 0 Å². The molecular weight excluding hydrogens is 350 g/mol. The first-order chi connectivity index (χ1) is 13.6. The van der Waals surface area contributed by atoms with Gasteiger partial charge in [0.15, 0.2) is 5.69 Å². The normalized spacial score (nSPS) is 15.2. The van der Waals surface area contributed by atoms with Crippen LogP contribution in [-0.4, -0.2) is 53.1 Å². The van der Waals surface area contributed by atoms with Gasteiger partial charge >= 0.3 is 0 Å². The van der Waals surface area contributed by atoms with Gasteiger partial charge in [-0.15, -0.1) is 0 Å². The van der Waals surface area contributed by atoms with E-state index in [0.29, 0.717) is 5.69 Å². The zero-order valence-corrected chi connectivity index (χ0v) is 16.8. The summed E-state index contributed by atoms with van der Waals surface area (Å²) in [5.74, 6) is -0.173. The van der Waals surface area contributed by atoms with E-state index in [1.54, 1.807) is 4.52 Å². The number of anilines is 2. The van der Waals surface area contributed by atoms with Crippen molar-refractivity contribution in [3.63, 3.8) is 0 Å². The predicted molar refractivity (Wildman–Crippen MR) is 113 cm³/mol. The fourth-order valence-corrected chi connectivity index (χ4v) is 3.83. The lowest BCUT2D eigenvalue weighted by Gasteiger charge is -2.35. The number of aryl methyl sites for hydroxylation is 2. The summed E-state index contributed by atoms with van der Waals surface area (Å²) in [5.41, 5.74) is 5.41. The average Bonchev–Trinajstić information content (AvgIpc) is 3.06. The maximum atomic E-state index is 12.8. The number of piperazine rings is 1. The Morgan fingerprint density at radius 1 is 1.11 bits per heavy atom. The number of nitrogens with one attached hydrogen (secondary N) is 1. The van der Waals surface area contributed by atoms with Gasteiger partial charge in [-0.1, -0.05) is 13.0 Å². The number of rotatable bonds is 4. The van der Waals surface area contributed by atoms with Crippen LogP contribution in [0.3, 0.4) is 0 Å². The lowest BCUT2D eigenvalue weighted by Crippen LogP contribution is -2.46. The van der Waals surface area contributed by atoms with Crippen molar-refractivity contribution >= 4 is 22.8 Å². The Kier molecular flexibility index (Phi) is 5.05. The molecule has 2 aromatic heterocycles. The van der Waals surface area contributed by atoms with Gasteiger partial charge in [0.2, 0.25) is 0 Å². The molecule has 0 radical (unpaired) electrons. The second-order valence-corrected chi connectivity index (χ2v) is 7.38. The van der Waals surface area contributed by atoms with Crippen molar-refractivity contribution < 1.29 is 4.79 Å². The number of likely N-dealkylation sites (N-methyl/N-ethyl adjacent to an activating group) is 1. The molecule has 6 nitrogen and oxygen atoms in total. The van der Waals surface area contributed by atoms with Crippen LogP contribution in [-0.2, 0) is 0 Å². The topological polar surface area (TPSA) is 52.9 Å². The van der Waals surface area contributed by atoms with E-state index in [1.165, 1.54) is 5.69 Å². The van der Waals surface area contributed by atoms with Gasteiger partial charge in [-0.2, -0.15) is 5.10 Å². The monoisotopic (exact) mass is 377 g/mol. The third-order valence-corrected chi connectivity index (χ3v) is 5.64. The second-order valence-electron chi connectivity index (χ2n) is 7.38. The Balaban J connectivity index is 1.50. The van der Waals surface area contributed by atoms with Crippen LogP contribution in [0.2, 0.25) is 0 Å². The van der Waals surface area contributed by atoms with Gasteiger partial charge in [-0.3, -0.25) is 4.79 Å². The summed E-state index contributed by atoms with van der Waals surface area (Å²) >= 11 is 0. The highest BCUT2D eigenvalue weighted by Crippen LogP contribution is 2.25. The Morgan fingerprint density at radius 2 is 1.89 bits per heavy atom. The number of hydrogen-bond donors (Lipinski definition) is 1. The molecule has 1 N–H and O–H groups in total. The summed E-state index contributed by atoms with van der Waals surface area (Å²) in [5, 5.41) is 7.47. The molecule has 1 aromatic carbocycles. The lowest BCUT2D eigenvalue weighted by molar-refractivity contribution is 0.102. The Morgan fingerprint density at radius 3 is 2.57 bits per heavy atom. The van der Waals surface area contributed by atoms with Crippen LogP contribution in [0.1, 0.15) is 28.5 Å². The number of nitrogens with zero attached hydrogens (tertiary/aromatic N) is 4. The minimum Gasteiger partial charge on any atom is -0.369 e. The van der Waals surface area contributed by atoms with E-state index < -0.39 is 0 Å². The standard InChI is InChI=1S/C22H27N5O/c1-4-25-11-13-26(14-12-25)18-8-9-19(16(2)15-18)23-22(28)21-17(3)20-7-5-6-10-27(20)24-21/h5-10,15H,4,11-14H2,1-3H3,(H,23,28). The average molecular weight is 377 g/mol. The van der Waals surface area contributed by atoms with Crippen molar-refractivity contribution in [3.05, 3.63) is 59.4 Å². The first kappa shape index (κ1) is 18.5. The van der Waals surface area contributed by atoms with Crippen LogP contribution in [0, 0.1) is 13.8 Å². The number of carbonyl (C=O) groups excluding carboxylic acids is 1. The van der Waals surface area contributed by atoms with Crippen molar-refractivity contribution in [1.29, 1.82) is 0 Å². The second kappa shape index (κ2) is 7.64. The van der Waals surface area contributed by atoms with Crippen molar-refractivity contribution in [1.82, 2.24) is 14.5 Å². The minimum absolute atomic E-state index is 0.173. The molecule has 0 aliphatic carbocycles. The third-order valence-electron chi connectivity index (χ3n) is 5.64. The van der Waals surface area contributed by atoms with Crippen molar-refractivity contribution in [2.75, 3.05) is 42.9 Å². The summed E-state index contributed by atoms with van der Waals surface area (Å²) in [6.07, 6.45) is 1.86. The molecule has 4 rings (SSSR count). The molecule has 0 unspecified atom stereocenters. The van der Waals surface area contributed by atoms with E-state index >= 15 is 0 Å². The number of pyridine rings is 1. The summed E-state index contributed by atoms with van der Waals surface area (Å²) in [4.78, 5) is 17.7. The van der Waals surface area contributed by atoms with Gasteiger partial charge < -0.3 is 15.1 Å². The van der Waals surface area contributed by atoms with Gasteiger partial charge in [-0.05, 0) is 56.3 Å². The molecule has 1 aliphatic heterocycles. The molecule has 1 saturated heterocycles. The van der Waals surface area contributed by atoms with E-state index in [1.807, 2.05) is 44.3 Å². The maximum Gasteiger partial charge on any atom is 0.276 e. The molecule has 0 atom stereocenters. The predicted octanol–water partition coefficient (Wildman–Crippen LogP) is 3.35. The zero-order chi connectivity index (χ0) is 19.7. The van der Waals surface area contributed by atoms with Gasteiger partial charge in [0.25, 0.3) is 5.91 Å². The van der Waals surface area contributed by atoms with E-state index in [9.17, 15) is 4.79 Å². The molecule has 146 valence electrons. The zero-order valence-electron chi connectivity index (χ0n) is 16.8. The summed E-state index contributed by atoms with van der Waals surface area (Å²) < 4.78 is 1.75. The van der Waals surface area contributed by atoms with E-state index in [-0.39, 0.29) is 5.91 Å². The molecule has 3 heterocycles. The quantitative estimate of drug-likeness (QED) is 0.758. The molecule has 1 fully saturated rings. The van der Waals surface area contributed by atoms with Crippen LogP contribution in [0.4, 0.5) is 11.4 Å². The van der Waals surface area contributed by atoms with Crippen LogP contribution < -0.4 is 10.2 Å². The first-order valence-corrected chi connectivity index (χ1v) is 9.90. The largest absolute Gasteiger partial charge is 0.369 e. The molecular formula is C22H27N5O. The van der Waals surface area contributed by atoms with Crippen LogP contribution in [0.15, 0.2) is 42.6 Å². The highest BCUT2D eigenvalue weighted by molar-refractivity contribution is 6.05. The maximum absolute atomic E-state index is 12.8. The lowest BCUT2D eigenvalue weighted by atomic mass is 10.1. The van der Waals surface area contributed by atoms with Gasteiger partial charge in [0.05, 0.1) is 5.52 Å². The highest BCUT2D eigenvalue weighted by atomic mass is 16.2. The van der Waals surface area contributed by atoms with E-state index in [0.717, 1.165) is 55.1 Å². The molecule has 1 aliphatic rings. The van der Waals surface area contributed by atoms with Crippen LogP contribution in [0.25, 0.3) is 5.52 Å². The van der Waals surface area contributed by atoms with E-state index in [4.69, 9.17) is 0 Å². The fourth-order valence-electron chi connectivity index (χ4n) is 3.83. The molecule has 1 amide bonds. The van der Waals surface area contributed by atoms with Crippen LogP contribution >= 0.6 is 0 Å². The highest BCUT2D eigenvalue weighted by Gasteiger charge is 2.19. The smallest absolute Gasteiger partial charge is 0.276 e. The number of carbonyl (C=O) groups is 1. The Bertz CT molecular complexity index is 1000. The summed E-state index contributed by atoms with van der Waals surface area (Å²) in [7, 11) is 0. The number of aromatic nitrogens is 2. The first-order valence-electron chi connectivity index (χ1n) is 9.90. The van der Waals surface area contributed by atoms with Gasteiger partial charge in [-0.25, -0.2) is 4.52 Å². The Labute approximate surface area is 165 Å². The molecule has 6 heteroatoms. The molecule has 28 heavy (non-hydrogen) atoms. The van der Waals surface area contributed by atoms with Gasteiger partial charge in [0, 0.05) is 49.3 Å². The summed E-state index contributed by atoms with van der Waals surface area (Å²) in [6, 6.07) is 12.1. The molecule has 0 saturated carbocycles. The minimum atomic E-state index is -0.173.